The first-order valence-electron chi connectivity index (χ1n) is 9.59. The fraction of sp³-hybridized carbons (Fsp3) is 0.167. The number of aromatic nitrogens is 2. The van der Waals surface area contributed by atoms with Gasteiger partial charge in [-0.25, -0.2) is 0 Å². The predicted octanol–water partition coefficient (Wildman–Crippen LogP) is 5.61. The van der Waals surface area contributed by atoms with Crippen LogP contribution in [0.1, 0.15) is 35.7 Å². The molecule has 4 rings (SSSR count). The number of carbonyl (C=O) groups excluding carboxylic acids is 1. The van der Waals surface area contributed by atoms with Gasteiger partial charge in [0.2, 0.25) is 0 Å². The minimum atomic E-state index is -0.186. The molecule has 1 heterocycles. The van der Waals surface area contributed by atoms with Crippen LogP contribution in [0, 0.1) is 0 Å². The number of hydrogen-bond donors (Lipinski definition) is 2. The molecule has 0 fully saturated rings. The van der Waals surface area contributed by atoms with Crippen LogP contribution in [-0.4, -0.2) is 23.2 Å². The summed E-state index contributed by atoms with van der Waals surface area (Å²) in [5, 5.41) is 11.1. The fourth-order valence-corrected chi connectivity index (χ4v) is 3.36. The van der Waals surface area contributed by atoms with Crippen LogP contribution >= 0.6 is 0 Å². The third-order valence-corrected chi connectivity index (χ3v) is 5.03. The first-order valence-corrected chi connectivity index (χ1v) is 9.59. The predicted molar refractivity (Wildman–Crippen MR) is 117 cm³/mol. The molecule has 0 aliphatic heterocycles. The van der Waals surface area contributed by atoms with Crippen molar-refractivity contribution in [1.29, 1.82) is 0 Å². The van der Waals surface area contributed by atoms with Gasteiger partial charge in [0.25, 0.3) is 5.91 Å². The lowest BCUT2D eigenvalue weighted by Crippen LogP contribution is -2.12. The normalized spacial score (nSPS) is 11.0. The van der Waals surface area contributed by atoms with Gasteiger partial charge in [-0.1, -0.05) is 44.2 Å². The molecule has 0 spiro atoms. The van der Waals surface area contributed by atoms with Crippen molar-refractivity contribution in [2.24, 2.45) is 0 Å². The smallest absolute Gasteiger partial charge is 0.256 e. The lowest BCUT2D eigenvalue weighted by molar-refractivity contribution is 0.102. The van der Waals surface area contributed by atoms with E-state index < -0.39 is 0 Å². The third kappa shape index (κ3) is 3.72. The van der Waals surface area contributed by atoms with E-state index in [0.717, 1.165) is 27.8 Å². The summed E-state index contributed by atoms with van der Waals surface area (Å²) < 4.78 is 5.57. The lowest BCUT2D eigenvalue weighted by Gasteiger charge is -2.13. The van der Waals surface area contributed by atoms with Crippen LogP contribution in [0.2, 0.25) is 0 Å². The van der Waals surface area contributed by atoms with E-state index in [4.69, 9.17) is 4.74 Å². The minimum absolute atomic E-state index is 0.186. The molecule has 3 aromatic carbocycles. The zero-order valence-electron chi connectivity index (χ0n) is 16.7. The molecular weight excluding hydrogens is 362 g/mol. The number of anilines is 1. The molecular formula is C24H23N3O2. The second-order valence-electron chi connectivity index (χ2n) is 7.27. The summed E-state index contributed by atoms with van der Waals surface area (Å²) in [5.41, 5.74) is 4.76. The van der Waals surface area contributed by atoms with Crippen LogP contribution in [0.3, 0.4) is 0 Å². The third-order valence-electron chi connectivity index (χ3n) is 5.03. The molecule has 2 N–H and O–H groups in total. The number of rotatable bonds is 5. The second-order valence-corrected chi connectivity index (χ2v) is 7.27. The van der Waals surface area contributed by atoms with E-state index in [1.807, 2.05) is 42.5 Å². The Morgan fingerprint density at radius 2 is 1.83 bits per heavy atom. The van der Waals surface area contributed by atoms with Gasteiger partial charge in [-0.15, -0.1) is 0 Å². The van der Waals surface area contributed by atoms with Crippen LogP contribution in [0.4, 0.5) is 5.82 Å². The molecule has 0 saturated carbocycles. The number of fused-ring (bicyclic) bond motifs is 1. The number of ether oxygens (including phenoxy) is 1. The van der Waals surface area contributed by atoms with Crippen molar-refractivity contribution in [3.05, 3.63) is 77.9 Å². The topological polar surface area (TPSA) is 67.0 Å². The Kier molecular flexibility index (Phi) is 5.04. The molecule has 0 saturated heterocycles. The van der Waals surface area contributed by atoms with Crippen molar-refractivity contribution in [2.45, 2.75) is 19.8 Å². The van der Waals surface area contributed by atoms with E-state index in [2.05, 4.69) is 41.5 Å². The van der Waals surface area contributed by atoms with Gasteiger partial charge in [-0.05, 0) is 53.4 Å². The fourth-order valence-electron chi connectivity index (χ4n) is 3.36. The monoisotopic (exact) mass is 385 g/mol. The van der Waals surface area contributed by atoms with E-state index in [1.165, 1.54) is 5.56 Å². The lowest BCUT2D eigenvalue weighted by atomic mass is 9.96. The molecule has 0 aliphatic carbocycles. The Hall–Kier alpha value is -3.60. The molecule has 1 amide bonds. The molecule has 0 bridgehead atoms. The zero-order chi connectivity index (χ0) is 20.4. The van der Waals surface area contributed by atoms with Gasteiger partial charge in [-0.3, -0.25) is 9.89 Å². The Bertz CT molecular complexity index is 1160. The Morgan fingerprint density at radius 3 is 2.55 bits per heavy atom. The average molecular weight is 385 g/mol. The molecule has 0 radical (unpaired) electrons. The summed E-state index contributed by atoms with van der Waals surface area (Å²) in [5.74, 6) is 1.58. The standard InChI is InChI=1S/C24H23N3O2/c1-15(2)17-10-12-22(29-3)20(13-17)18-9-11-19-21(14-18)26-27-23(19)25-24(28)16-7-5-4-6-8-16/h4-15H,1-3H3,(H2,25,26,27,28). The van der Waals surface area contributed by atoms with E-state index in [0.29, 0.717) is 17.3 Å². The number of nitrogens with one attached hydrogen (secondary N) is 2. The Balaban J connectivity index is 1.69. The van der Waals surface area contributed by atoms with E-state index in [9.17, 15) is 4.79 Å². The summed E-state index contributed by atoms with van der Waals surface area (Å²) in [6.07, 6.45) is 0. The van der Waals surface area contributed by atoms with Crippen LogP contribution in [0.15, 0.2) is 66.7 Å². The van der Waals surface area contributed by atoms with Crippen LogP contribution < -0.4 is 10.1 Å². The zero-order valence-corrected chi connectivity index (χ0v) is 16.7. The van der Waals surface area contributed by atoms with E-state index in [-0.39, 0.29) is 5.91 Å². The Labute approximate surface area is 169 Å². The summed E-state index contributed by atoms with van der Waals surface area (Å²) in [6.45, 7) is 4.34. The summed E-state index contributed by atoms with van der Waals surface area (Å²) in [7, 11) is 1.68. The van der Waals surface area contributed by atoms with Gasteiger partial charge in [0.1, 0.15) is 5.75 Å². The number of nitrogens with zero attached hydrogens (tertiary/aromatic N) is 1. The molecule has 4 aromatic rings. The minimum Gasteiger partial charge on any atom is -0.496 e. The van der Waals surface area contributed by atoms with Crippen LogP contribution in [0.25, 0.3) is 22.0 Å². The van der Waals surface area contributed by atoms with Gasteiger partial charge in [0.15, 0.2) is 5.82 Å². The van der Waals surface area contributed by atoms with Gasteiger partial charge >= 0.3 is 0 Å². The average Bonchev–Trinajstić information content (AvgIpc) is 3.15. The Morgan fingerprint density at radius 1 is 1.03 bits per heavy atom. The van der Waals surface area contributed by atoms with Crippen LogP contribution in [0.5, 0.6) is 5.75 Å². The number of aromatic amines is 1. The van der Waals surface area contributed by atoms with Gasteiger partial charge in [-0.2, -0.15) is 5.10 Å². The maximum absolute atomic E-state index is 12.4. The SMILES string of the molecule is COc1ccc(C(C)C)cc1-c1ccc2c(NC(=O)c3ccccc3)n[nH]c2c1. The molecule has 29 heavy (non-hydrogen) atoms. The second kappa shape index (κ2) is 7.80. The largest absolute Gasteiger partial charge is 0.496 e. The first-order chi connectivity index (χ1) is 14.1. The van der Waals surface area contributed by atoms with Gasteiger partial charge < -0.3 is 10.1 Å². The highest BCUT2D eigenvalue weighted by molar-refractivity contribution is 6.08. The van der Waals surface area contributed by atoms with Gasteiger partial charge in [0.05, 0.1) is 12.6 Å². The summed E-state index contributed by atoms with van der Waals surface area (Å²) >= 11 is 0. The van der Waals surface area contributed by atoms with Crippen molar-refractivity contribution >= 4 is 22.6 Å². The molecule has 5 nitrogen and oxygen atoms in total. The first kappa shape index (κ1) is 18.7. The highest BCUT2D eigenvalue weighted by atomic mass is 16.5. The maximum atomic E-state index is 12.4. The number of carbonyl (C=O) groups is 1. The van der Waals surface area contributed by atoms with Crippen LogP contribution in [-0.2, 0) is 0 Å². The number of hydrogen-bond acceptors (Lipinski definition) is 3. The number of methoxy groups -OCH3 is 1. The number of H-pyrrole nitrogens is 1. The van der Waals surface area contributed by atoms with Crippen molar-refractivity contribution in [2.75, 3.05) is 12.4 Å². The summed E-state index contributed by atoms with van der Waals surface area (Å²) in [4.78, 5) is 12.4. The molecule has 0 unspecified atom stereocenters. The number of amides is 1. The highest BCUT2D eigenvalue weighted by Crippen LogP contribution is 2.35. The van der Waals surface area contributed by atoms with Crippen molar-refractivity contribution in [3.63, 3.8) is 0 Å². The quantitative estimate of drug-likeness (QED) is 0.469. The van der Waals surface area contributed by atoms with E-state index >= 15 is 0 Å². The highest BCUT2D eigenvalue weighted by Gasteiger charge is 2.14. The van der Waals surface area contributed by atoms with Crippen molar-refractivity contribution < 1.29 is 9.53 Å². The van der Waals surface area contributed by atoms with Gasteiger partial charge in [0, 0.05) is 16.5 Å². The van der Waals surface area contributed by atoms with Crippen molar-refractivity contribution in [3.8, 4) is 16.9 Å². The maximum Gasteiger partial charge on any atom is 0.256 e. The molecule has 146 valence electrons. The van der Waals surface area contributed by atoms with E-state index in [1.54, 1.807) is 19.2 Å². The molecule has 1 aromatic heterocycles. The summed E-state index contributed by atoms with van der Waals surface area (Å²) in [6, 6.07) is 21.4. The molecule has 5 heteroatoms. The number of benzene rings is 3. The van der Waals surface area contributed by atoms with Crippen molar-refractivity contribution in [1.82, 2.24) is 10.2 Å². The molecule has 0 atom stereocenters. The molecule has 0 aliphatic rings.